The van der Waals surface area contributed by atoms with Crippen LogP contribution < -0.4 is 10.6 Å². The number of aryl methyl sites for hydroxylation is 1. The highest BCUT2D eigenvalue weighted by atomic mass is 16.2. The van der Waals surface area contributed by atoms with E-state index in [1.807, 2.05) is 30.3 Å². The van der Waals surface area contributed by atoms with Crippen molar-refractivity contribution in [2.75, 3.05) is 10.6 Å². The summed E-state index contributed by atoms with van der Waals surface area (Å²) in [5.74, 6) is 0.485. The van der Waals surface area contributed by atoms with Crippen molar-refractivity contribution >= 4 is 39.8 Å². The van der Waals surface area contributed by atoms with Crippen molar-refractivity contribution in [1.29, 1.82) is 0 Å². The zero-order valence-corrected chi connectivity index (χ0v) is 16.5. The van der Waals surface area contributed by atoms with Crippen LogP contribution in [-0.4, -0.2) is 26.6 Å². The summed E-state index contributed by atoms with van der Waals surface area (Å²) in [5.41, 5.74) is 2.86. The zero-order valence-electron chi connectivity index (χ0n) is 16.5. The SMILES string of the molecule is CC(=O)c1cccc(NC(=O)c2cc(Nc3cccc4cccnc34)nc(C)n2)c1. The number of carbonyl (C=O) groups is 2. The van der Waals surface area contributed by atoms with Gasteiger partial charge >= 0.3 is 0 Å². The summed E-state index contributed by atoms with van der Waals surface area (Å²) in [4.78, 5) is 37.4. The van der Waals surface area contributed by atoms with Gasteiger partial charge in [-0.3, -0.25) is 14.6 Å². The van der Waals surface area contributed by atoms with Gasteiger partial charge in [0.2, 0.25) is 0 Å². The van der Waals surface area contributed by atoms with Gasteiger partial charge in [0, 0.05) is 28.9 Å². The summed E-state index contributed by atoms with van der Waals surface area (Å²) >= 11 is 0. The van der Waals surface area contributed by atoms with Crippen LogP contribution in [0.2, 0.25) is 0 Å². The summed E-state index contributed by atoms with van der Waals surface area (Å²) in [7, 11) is 0. The molecule has 2 heterocycles. The number of amides is 1. The number of Topliss-reactive ketones (excluding diaryl/α,β-unsaturated/α-hetero) is 1. The minimum absolute atomic E-state index is 0.0702. The molecule has 2 aromatic carbocycles. The van der Waals surface area contributed by atoms with Crippen molar-refractivity contribution in [3.63, 3.8) is 0 Å². The molecule has 0 saturated heterocycles. The molecule has 0 saturated carbocycles. The molecule has 2 N–H and O–H groups in total. The van der Waals surface area contributed by atoms with E-state index < -0.39 is 0 Å². The van der Waals surface area contributed by atoms with E-state index in [0.717, 1.165) is 16.6 Å². The maximum absolute atomic E-state index is 12.7. The van der Waals surface area contributed by atoms with Crippen molar-refractivity contribution in [3.8, 4) is 0 Å². The predicted molar refractivity (Wildman–Crippen MR) is 116 cm³/mol. The van der Waals surface area contributed by atoms with E-state index in [2.05, 4.69) is 25.6 Å². The minimum Gasteiger partial charge on any atom is -0.338 e. The number of carbonyl (C=O) groups excluding carboxylic acids is 2. The molecular formula is C23H19N5O2. The fourth-order valence-corrected chi connectivity index (χ4v) is 3.10. The molecule has 0 bridgehead atoms. The second-order valence-corrected chi connectivity index (χ2v) is 6.78. The van der Waals surface area contributed by atoms with Crippen LogP contribution in [0, 0.1) is 6.92 Å². The third kappa shape index (κ3) is 4.15. The number of benzene rings is 2. The van der Waals surface area contributed by atoms with E-state index >= 15 is 0 Å². The van der Waals surface area contributed by atoms with Gasteiger partial charge in [-0.05, 0) is 38.1 Å². The molecule has 1 amide bonds. The van der Waals surface area contributed by atoms with Crippen molar-refractivity contribution in [3.05, 3.63) is 83.9 Å². The minimum atomic E-state index is -0.389. The molecule has 0 fully saturated rings. The Morgan fingerprint density at radius 2 is 1.73 bits per heavy atom. The topological polar surface area (TPSA) is 96.9 Å². The lowest BCUT2D eigenvalue weighted by Crippen LogP contribution is -2.15. The van der Waals surface area contributed by atoms with Crippen LogP contribution in [0.25, 0.3) is 10.9 Å². The van der Waals surface area contributed by atoms with Gasteiger partial charge in [-0.25, -0.2) is 9.97 Å². The van der Waals surface area contributed by atoms with Crippen LogP contribution in [0.5, 0.6) is 0 Å². The Morgan fingerprint density at radius 3 is 2.57 bits per heavy atom. The lowest BCUT2D eigenvalue weighted by molar-refractivity contribution is 0.100. The van der Waals surface area contributed by atoms with Crippen molar-refractivity contribution < 1.29 is 9.59 Å². The van der Waals surface area contributed by atoms with E-state index in [4.69, 9.17) is 0 Å². The molecule has 0 aliphatic carbocycles. The highest BCUT2D eigenvalue weighted by Crippen LogP contribution is 2.24. The summed E-state index contributed by atoms with van der Waals surface area (Å²) in [6.07, 6.45) is 1.73. The van der Waals surface area contributed by atoms with Gasteiger partial charge in [0.15, 0.2) is 5.78 Å². The Labute approximate surface area is 173 Å². The van der Waals surface area contributed by atoms with Gasteiger partial charge in [0.25, 0.3) is 5.91 Å². The molecule has 0 spiro atoms. The number of rotatable bonds is 5. The highest BCUT2D eigenvalue weighted by molar-refractivity contribution is 6.04. The Bertz CT molecular complexity index is 1260. The smallest absolute Gasteiger partial charge is 0.274 e. The van der Waals surface area contributed by atoms with Gasteiger partial charge in [-0.1, -0.05) is 30.3 Å². The number of fused-ring (bicyclic) bond motifs is 1. The molecule has 7 heteroatoms. The number of anilines is 3. The number of para-hydroxylation sites is 1. The number of hydrogen-bond acceptors (Lipinski definition) is 6. The predicted octanol–water partition coefficient (Wildman–Crippen LogP) is 4.53. The quantitative estimate of drug-likeness (QED) is 0.480. The maximum Gasteiger partial charge on any atom is 0.274 e. The lowest BCUT2D eigenvalue weighted by atomic mass is 10.1. The Kier molecular flexibility index (Phi) is 5.17. The van der Waals surface area contributed by atoms with Crippen molar-refractivity contribution in [1.82, 2.24) is 15.0 Å². The van der Waals surface area contributed by atoms with Crippen LogP contribution in [-0.2, 0) is 0 Å². The first kappa shape index (κ1) is 19.2. The Balaban J connectivity index is 1.61. The van der Waals surface area contributed by atoms with Crippen molar-refractivity contribution in [2.24, 2.45) is 0 Å². The summed E-state index contributed by atoms with van der Waals surface area (Å²) in [6, 6.07) is 18.0. The molecule has 4 rings (SSSR count). The fraction of sp³-hybridized carbons (Fsp3) is 0.0870. The number of ketones is 1. The van der Waals surface area contributed by atoms with Crippen molar-refractivity contribution in [2.45, 2.75) is 13.8 Å². The first-order valence-electron chi connectivity index (χ1n) is 9.38. The Morgan fingerprint density at radius 1 is 0.933 bits per heavy atom. The fourth-order valence-electron chi connectivity index (χ4n) is 3.10. The van der Waals surface area contributed by atoms with Gasteiger partial charge in [-0.15, -0.1) is 0 Å². The van der Waals surface area contributed by atoms with Crippen LogP contribution in [0.3, 0.4) is 0 Å². The first-order chi connectivity index (χ1) is 14.5. The van der Waals surface area contributed by atoms with Crippen LogP contribution >= 0.6 is 0 Å². The van der Waals surface area contributed by atoms with Gasteiger partial charge in [0.05, 0.1) is 11.2 Å². The normalized spacial score (nSPS) is 10.6. The van der Waals surface area contributed by atoms with E-state index in [0.29, 0.717) is 22.9 Å². The second kappa shape index (κ2) is 8.08. The number of hydrogen-bond donors (Lipinski definition) is 2. The summed E-state index contributed by atoms with van der Waals surface area (Å²) in [5, 5.41) is 7.01. The number of nitrogens with zero attached hydrogens (tertiary/aromatic N) is 3. The summed E-state index contributed by atoms with van der Waals surface area (Å²) < 4.78 is 0. The standard InChI is InChI=1S/C23H19N5O2/c1-14(29)17-7-3-9-18(12-17)27-23(30)20-13-21(26-15(2)25-20)28-19-10-4-6-16-8-5-11-24-22(16)19/h3-13H,1-2H3,(H,27,30)(H,25,26,28). The second-order valence-electron chi connectivity index (χ2n) is 6.78. The molecular weight excluding hydrogens is 378 g/mol. The summed E-state index contributed by atoms with van der Waals surface area (Å²) in [6.45, 7) is 3.20. The van der Waals surface area contributed by atoms with Gasteiger partial charge in [-0.2, -0.15) is 0 Å². The van der Waals surface area contributed by atoms with Crippen LogP contribution in [0.1, 0.15) is 33.6 Å². The number of nitrogens with one attached hydrogen (secondary N) is 2. The average Bonchev–Trinajstić information content (AvgIpc) is 2.74. The average molecular weight is 397 g/mol. The first-order valence-corrected chi connectivity index (χ1v) is 9.38. The molecule has 0 atom stereocenters. The number of aromatic nitrogens is 3. The van der Waals surface area contributed by atoms with E-state index in [1.54, 1.807) is 43.5 Å². The molecule has 7 nitrogen and oxygen atoms in total. The highest BCUT2D eigenvalue weighted by Gasteiger charge is 2.13. The van der Waals surface area contributed by atoms with E-state index in [1.165, 1.54) is 6.92 Å². The monoisotopic (exact) mass is 397 g/mol. The molecule has 0 aliphatic rings. The molecule has 4 aromatic rings. The largest absolute Gasteiger partial charge is 0.338 e. The van der Waals surface area contributed by atoms with E-state index in [-0.39, 0.29) is 17.4 Å². The molecule has 148 valence electrons. The van der Waals surface area contributed by atoms with Crippen LogP contribution in [0.4, 0.5) is 17.2 Å². The van der Waals surface area contributed by atoms with Gasteiger partial charge < -0.3 is 10.6 Å². The molecule has 2 aromatic heterocycles. The molecule has 0 radical (unpaired) electrons. The lowest BCUT2D eigenvalue weighted by Gasteiger charge is -2.11. The Hall–Kier alpha value is -4.13. The molecule has 0 aliphatic heterocycles. The third-order valence-corrected chi connectivity index (χ3v) is 4.49. The zero-order chi connectivity index (χ0) is 21.1. The van der Waals surface area contributed by atoms with Crippen LogP contribution in [0.15, 0.2) is 66.9 Å². The third-order valence-electron chi connectivity index (χ3n) is 4.49. The molecule has 0 unspecified atom stereocenters. The van der Waals surface area contributed by atoms with Gasteiger partial charge in [0.1, 0.15) is 17.3 Å². The van der Waals surface area contributed by atoms with E-state index in [9.17, 15) is 9.59 Å². The maximum atomic E-state index is 12.7. The molecule has 30 heavy (non-hydrogen) atoms. The number of pyridine rings is 1.